The van der Waals surface area contributed by atoms with Crippen molar-refractivity contribution < 1.29 is 19.4 Å². The van der Waals surface area contributed by atoms with Crippen LogP contribution in [0.15, 0.2) is 0 Å². The van der Waals surface area contributed by atoms with Crippen molar-refractivity contribution in [3.63, 3.8) is 0 Å². The molecule has 1 aliphatic rings. The van der Waals surface area contributed by atoms with Crippen LogP contribution < -0.4 is 11.1 Å². The summed E-state index contributed by atoms with van der Waals surface area (Å²) in [6.07, 6.45) is 0.503. The van der Waals surface area contributed by atoms with Gasteiger partial charge in [-0.2, -0.15) is 0 Å². The first-order valence-corrected chi connectivity index (χ1v) is 6.63. The first kappa shape index (κ1) is 13.8. The Morgan fingerprint density at radius 2 is 2.11 bits per heavy atom. The molecule has 1 aromatic rings. The summed E-state index contributed by atoms with van der Waals surface area (Å²) < 4.78 is 5.15. The van der Waals surface area contributed by atoms with Gasteiger partial charge in [0.25, 0.3) is 5.91 Å². The molecule has 19 heavy (non-hydrogen) atoms. The topological polar surface area (TPSA) is 115 Å². The first-order valence-electron chi connectivity index (χ1n) is 5.81. The van der Waals surface area contributed by atoms with Gasteiger partial charge < -0.3 is 20.9 Å². The number of nitrogens with one attached hydrogen (secondary N) is 1. The van der Waals surface area contributed by atoms with Gasteiger partial charge in [-0.05, 0) is 6.92 Å². The third-order valence-electron chi connectivity index (χ3n) is 3.13. The fraction of sp³-hybridized carbons (Fsp3) is 0.545. The number of hydrogen-bond donors (Lipinski definition) is 3. The lowest BCUT2D eigenvalue weighted by atomic mass is 9.90. The minimum absolute atomic E-state index is 0.251. The number of carboxylic acids is 1. The van der Waals surface area contributed by atoms with Crippen molar-refractivity contribution in [3.05, 3.63) is 10.6 Å². The lowest BCUT2D eigenvalue weighted by molar-refractivity contribution is -0.148. The lowest BCUT2D eigenvalue weighted by Gasteiger charge is -2.33. The van der Waals surface area contributed by atoms with Crippen LogP contribution in [-0.2, 0) is 9.53 Å². The Bertz CT molecular complexity index is 508. The molecule has 0 radical (unpaired) electrons. The molecule has 4 N–H and O–H groups in total. The molecule has 0 aromatic carbocycles. The third-order valence-corrected chi connectivity index (χ3v) is 4.11. The number of aliphatic carboxylic acids is 1. The molecule has 8 heteroatoms. The van der Waals surface area contributed by atoms with Crippen LogP contribution in [0.5, 0.6) is 0 Å². The highest BCUT2D eigenvalue weighted by atomic mass is 32.1. The zero-order chi connectivity index (χ0) is 14.0. The largest absolute Gasteiger partial charge is 0.480 e. The van der Waals surface area contributed by atoms with Crippen molar-refractivity contribution >= 4 is 28.3 Å². The van der Waals surface area contributed by atoms with Crippen molar-refractivity contribution in [1.29, 1.82) is 0 Å². The van der Waals surface area contributed by atoms with Crippen LogP contribution >= 0.6 is 11.3 Å². The number of carbonyl (C=O) groups excluding carboxylic acids is 1. The molecule has 2 rings (SSSR count). The number of rotatable bonds is 3. The molecule has 2 heterocycles. The van der Waals surface area contributed by atoms with Gasteiger partial charge in [0.2, 0.25) is 0 Å². The van der Waals surface area contributed by atoms with Gasteiger partial charge in [-0.15, -0.1) is 0 Å². The van der Waals surface area contributed by atoms with E-state index < -0.39 is 17.4 Å². The zero-order valence-electron chi connectivity index (χ0n) is 10.4. The predicted molar refractivity (Wildman–Crippen MR) is 69.1 cm³/mol. The second-order valence-corrected chi connectivity index (χ2v) is 5.45. The SMILES string of the molecule is Cc1nc(N)sc1C(=O)NC1(C(=O)O)CCOCC1. The smallest absolute Gasteiger partial charge is 0.329 e. The number of amides is 1. The number of hydrogen-bond acceptors (Lipinski definition) is 6. The monoisotopic (exact) mass is 285 g/mol. The van der Waals surface area contributed by atoms with Gasteiger partial charge in [0.05, 0.1) is 5.69 Å². The van der Waals surface area contributed by atoms with Crippen LogP contribution in [0, 0.1) is 6.92 Å². The van der Waals surface area contributed by atoms with Crippen molar-refractivity contribution in [3.8, 4) is 0 Å². The molecular weight excluding hydrogens is 270 g/mol. The molecule has 0 saturated carbocycles. The van der Waals surface area contributed by atoms with Gasteiger partial charge in [0, 0.05) is 26.1 Å². The van der Waals surface area contributed by atoms with Crippen molar-refractivity contribution in [2.75, 3.05) is 18.9 Å². The zero-order valence-corrected chi connectivity index (χ0v) is 11.2. The highest BCUT2D eigenvalue weighted by molar-refractivity contribution is 7.17. The van der Waals surface area contributed by atoms with E-state index in [1.165, 1.54) is 0 Å². The average molecular weight is 285 g/mol. The Morgan fingerprint density at radius 1 is 1.47 bits per heavy atom. The number of anilines is 1. The number of carboxylic acid groups (broad SMARTS) is 1. The number of nitrogens with zero attached hydrogens (tertiary/aromatic N) is 1. The van der Waals surface area contributed by atoms with Crippen molar-refractivity contribution in [1.82, 2.24) is 10.3 Å². The maximum absolute atomic E-state index is 12.2. The summed E-state index contributed by atoms with van der Waals surface area (Å²) in [5.74, 6) is -1.49. The minimum Gasteiger partial charge on any atom is -0.480 e. The molecule has 0 spiro atoms. The highest BCUT2D eigenvalue weighted by Gasteiger charge is 2.42. The van der Waals surface area contributed by atoms with Gasteiger partial charge in [-0.25, -0.2) is 9.78 Å². The van der Waals surface area contributed by atoms with Crippen LogP contribution in [0.4, 0.5) is 5.13 Å². The van der Waals surface area contributed by atoms with Gasteiger partial charge in [0.1, 0.15) is 10.4 Å². The Hall–Kier alpha value is -1.67. The molecule has 0 aliphatic carbocycles. The Labute approximate surface area is 113 Å². The minimum atomic E-state index is -1.26. The number of thiazole rings is 1. The number of nitrogen functional groups attached to an aromatic ring is 1. The van der Waals surface area contributed by atoms with E-state index >= 15 is 0 Å². The lowest BCUT2D eigenvalue weighted by Crippen LogP contribution is -2.57. The molecule has 1 saturated heterocycles. The van der Waals surface area contributed by atoms with E-state index in [1.807, 2.05) is 0 Å². The first-order chi connectivity index (χ1) is 8.94. The maximum atomic E-state index is 12.2. The maximum Gasteiger partial charge on any atom is 0.329 e. The van der Waals surface area contributed by atoms with E-state index in [9.17, 15) is 14.7 Å². The van der Waals surface area contributed by atoms with Gasteiger partial charge in [-0.1, -0.05) is 11.3 Å². The second-order valence-electron chi connectivity index (χ2n) is 4.42. The predicted octanol–water partition coefficient (Wildman–Crippen LogP) is 0.397. The van der Waals surface area contributed by atoms with Gasteiger partial charge >= 0.3 is 5.97 Å². The standard InChI is InChI=1S/C11H15N3O4S/c1-6-7(19-10(12)13-6)8(15)14-11(9(16)17)2-4-18-5-3-11/h2-5H2,1H3,(H2,12,13)(H,14,15)(H,16,17). The van der Waals surface area contributed by atoms with Crippen molar-refractivity contribution in [2.24, 2.45) is 0 Å². The third kappa shape index (κ3) is 2.69. The summed E-state index contributed by atoms with van der Waals surface area (Å²) >= 11 is 1.05. The quantitative estimate of drug-likeness (QED) is 0.740. The molecule has 7 nitrogen and oxygen atoms in total. The van der Waals surface area contributed by atoms with E-state index in [4.69, 9.17) is 10.5 Å². The highest BCUT2D eigenvalue weighted by Crippen LogP contribution is 2.24. The Morgan fingerprint density at radius 3 is 2.58 bits per heavy atom. The number of aryl methyl sites for hydroxylation is 1. The Balaban J connectivity index is 2.20. The van der Waals surface area contributed by atoms with E-state index in [1.54, 1.807) is 6.92 Å². The molecule has 1 amide bonds. The number of ether oxygens (including phenoxy) is 1. The van der Waals surface area contributed by atoms with Crippen LogP contribution in [-0.4, -0.2) is 40.7 Å². The normalized spacial score (nSPS) is 17.9. The molecule has 1 fully saturated rings. The summed E-state index contributed by atoms with van der Waals surface area (Å²) in [7, 11) is 0. The number of carbonyl (C=O) groups is 2. The van der Waals surface area contributed by atoms with Crippen LogP contribution in [0.1, 0.15) is 28.2 Å². The second kappa shape index (κ2) is 5.14. The average Bonchev–Trinajstić information content (AvgIpc) is 2.69. The summed E-state index contributed by atoms with van der Waals surface area (Å²) in [5.41, 5.74) is 4.78. The number of aromatic nitrogens is 1. The molecule has 0 unspecified atom stereocenters. The van der Waals surface area contributed by atoms with E-state index in [-0.39, 0.29) is 12.8 Å². The summed E-state index contributed by atoms with van der Waals surface area (Å²) in [4.78, 5) is 27.9. The van der Waals surface area contributed by atoms with Crippen LogP contribution in [0.3, 0.4) is 0 Å². The van der Waals surface area contributed by atoms with Crippen molar-refractivity contribution in [2.45, 2.75) is 25.3 Å². The van der Waals surface area contributed by atoms with Crippen LogP contribution in [0.2, 0.25) is 0 Å². The molecule has 0 atom stereocenters. The summed E-state index contributed by atoms with van der Waals surface area (Å²) in [6.45, 7) is 2.30. The fourth-order valence-corrected chi connectivity index (χ4v) is 2.74. The molecular formula is C11H15N3O4S. The van der Waals surface area contributed by atoms with E-state index in [0.717, 1.165) is 11.3 Å². The number of nitrogens with two attached hydrogens (primary N) is 1. The molecule has 104 valence electrons. The summed E-state index contributed by atoms with van der Waals surface area (Å²) in [6, 6.07) is 0. The molecule has 1 aliphatic heterocycles. The van der Waals surface area contributed by atoms with Gasteiger partial charge in [0.15, 0.2) is 5.13 Å². The van der Waals surface area contributed by atoms with E-state index in [2.05, 4.69) is 10.3 Å². The van der Waals surface area contributed by atoms with Gasteiger partial charge in [-0.3, -0.25) is 4.79 Å². The molecule has 1 aromatic heterocycles. The fourth-order valence-electron chi connectivity index (χ4n) is 2.01. The Kier molecular flexibility index (Phi) is 3.72. The summed E-state index contributed by atoms with van der Waals surface area (Å²) in [5, 5.41) is 12.2. The van der Waals surface area contributed by atoms with Crippen LogP contribution in [0.25, 0.3) is 0 Å². The van der Waals surface area contributed by atoms with E-state index in [0.29, 0.717) is 28.9 Å². The molecule has 0 bridgehead atoms.